The van der Waals surface area contributed by atoms with Crippen molar-refractivity contribution < 1.29 is 0 Å². The molecule has 1 aromatic heterocycles. The fourth-order valence-electron chi connectivity index (χ4n) is 3.26. The second-order valence-corrected chi connectivity index (χ2v) is 14.9. The average molecular weight is 376 g/mol. The number of rotatable bonds is 3. The number of aromatic nitrogens is 2. The lowest BCUT2D eigenvalue weighted by Crippen LogP contribution is -2.39. The van der Waals surface area contributed by atoms with E-state index in [1.54, 1.807) is 0 Å². The Bertz CT molecular complexity index is 720. The molecule has 1 heterocycles. The highest BCUT2D eigenvalue weighted by molar-refractivity contribution is 7.70. The molecule has 0 amide bonds. The zero-order valence-electron chi connectivity index (χ0n) is 17.4. The first kappa shape index (κ1) is 20.7. The predicted octanol–water partition coefficient (Wildman–Crippen LogP) is 5.68. The quantitative estimate of drug-likeness (QED) is 0.644. The minimum atomic E-state index is -0.446. The predicted molar refractivity (Wildman–Crippen MR) is 118 cm³/mol. The summed E-state index contributed by atoms with van der Waals surface area (Å²) in [4.78, 5) is 10.3. The number of benzene rings is 1. The average Bonchev–Trinajstić information content (AvgIpc) is 2.41. The standard InChI is InChI=1S/C21H34N2P2/c1-19(2,3)14-24-17-18(25(20(4,5)6)21(7,8)9)23-16-13-11-10-12-15(16)22-17/h10-13,24H,14H2,1-9H3. The lowest BCUT2D eigenvalue weighted by Gasteiger charge is -2.41. The normalized spacial score (nSPS) is 14.2. The SMILES string of the molecule is CC(C)(C)CPc1nc2ccccc2nc1P(C(C)(C)C)C(C)(C)C. The van der Waals surface area contributed by atoms with Gasteiger partial charge in [-0.3, -0.25) is 0 Å². The minimum absolute atomic E-state index is 0.200. The van der Waals surface area contributed by atoms with E-state index in [0.29, 0.717) is 14.0 Å². The zero-order chi connectivity index (χ0) is 19.0. The molecule has 1 aromatic carbocycles. The van der Waals surface area contributed by atoms with Gasteiger partial charge in [-0.05, 0) is 41.9 Å². The van der Waals surface area contributed by atoms with Crippen molar-refractivity contribution in [3.63, 3.8) is 0 Å². The topological polar surface area (TPSA) is 25.8 Å². The Hall–Kier alpha value is -0.580. The van der Waals surface area contributed by atoms with Gasteiger partial charge in [0.25, 0.3) is 0 Å². The summed E-state index contributed by atoms with van der Waals surface area (Å²) in [6, 6.07) is 8.31. The van der Waals surface area contributed by atoms with Crippen LogP contribution in [0.4, 0.5) is 0 Å². The van der Waals surface area contributed by atoms with Crippen LogP contribution in [-0.4, -0.2) is 26.4 Å². The highest BCUT2D eigenvalue weighted by Crippen LogP contribution is 2.57. The summed E-state index contributed by atoms with van der Waals surface area (Å²) in [7, 11) is 0.266. The van der Waals surface area contributed by atoms with Crippen molar-refractivity contribution in [3.8, 4) is 0 Å². The van der Waals surface area contributed by atoms with Crippen molar-refractivity contribution in [1.82, 2.24) is 9.97 Å². The maximum absolute atomic E-state index is 5.18. The van der Waals surface area contributed by atoms with E-state index in [2.05, 4.69) is 86.6 Å². The maximum atomic E-state index is 5.18. The molecular weight excluding hydrogens is 342 g/mol. The van der Waals surface area contributed by atoms with Crippen molar-refractivity contribution in [2.75, 3.05) is 6.16 Å². The second kappa shape index (κ2) is 7.21. The van der Waals surface area contributed by atoms with Crippen molar-refractivity contribution in [1.29, 1.82) is 0 Å². The lowest BCUT2D eigenvalue weighted by atomic mass is 10.0. The van der Waals surface area contributed by atoms with Gasteiger partial charge in [0.15, 0.2) is 0 Å². The van der Waals surface area contributed by atoms with Gasteiger partial charge in [0, 0.05) is 0 Å². The van der Waals surface area contributed by atoms with Crippen LogP contribution in [0.3, 0.4) is 0 Å². The van der Waals surface area contributed by atoms with Crippen LogP contribution in [0.2, 0.25) is 0 Å². The molecule has 1 atom stereocenters. The summed E-state index contributed by atoms with van der Waals surface area (Å²) in [5.74, 6) is 0. The van der Waals surface area contributed by atoms with Crippen molar-refractivity contribution >= 4 is 38.4 Å². The van der Waals surface area contributed by atoms with Crippen LogP contribution < -0.4 is 10.9 Å². The molecule has 1 unspecified atom stereocenters. The van der Waals surface area contributed by atoms with Crippen LogP contribution in [0.25, 0.3) is 11.0 Å². The summed E-state index contributed by atoms with van der Waals surface area (Å²) < 4.78 is 0. The first-order valence-electron chi connectivity index (χ1n) is 9.10. The minimum Gasteiger partial charge on any atom is -0.244 e. The van der Waals surface area contributed by atoms with Crippen LogP contribution in [0, 0.1) is 5.41 Å². The Labute approximate surface area is 157 Å². The molecule has 0 spiro atoms. The van der Waals surface area contributed by atoms with Crippen molar-refractivity contribution in [3.05, 3.63) is 24.3 Å². The summed E-state index contributed by atoms with van der Waals surface area (Å²) in [6.07, 6.45) is 1.16. The van der Waals surface area contributed by atoms with Crippen LogP contribution in [0.5, 0.6) is 0 Å². The van der Waals surface area contributed by atoms with Gasteiger partial charge in [0.1, 0.15) is 0 Å². The molecule has 0 aliphatic carbocycles. The van der Waals surface area contributed by atoms with Gasteiger partial charge < -0.3 is 0 Å². The third-order valence-electron chi connectivity index (χ3n) is 3.89. The Morgan fingerprint density at radius 1 is 0.800 bits per heavy atom. The summed E-state index contributed by atoms with van der Waals surface area (Å²) in [5, 5.41) is 0.400. The highest BCUT2D eigenvalue weighted by atomic mass is 31.1. The van der Waals surface area contributed by atoms with Gasteiger partial charge in [-0.15, -0.1) is 0 Å². The summed E-state index contributed by atoms with van der Waals surface area (Å²) >= 11 is 0. The fourth-order valence-corrected chi connectivity index (χ4v) is 8.69. The number of hydrogen-bond donors (Lipinski definition) is 0. The lowest BCUT2D eigenvalue weighted by molar-refractivity contribution is 0.479. The largest absolute Gasteiger partial charge is 0.244 e. The van der Waals surface area contributed by atoms with E-state index in [-0.39, 0.29) is 10.3 Å². The third-order valence-corrected chi connectivity index (χ3v) is 9.44. The molecule has 0 saturated carbocycles. The molecule has 0 saturated heterocycles. The monoisotopic (exact) mass is 376 g/mol. The Balaban J connectivity index is 2.65. The molecule has 138 valence electrons. The maximum Gasteiger partial charge on any atom is 0.0904 e. The molecule has 4 heteroatoms. The molecule has 0 fully saturated rings. The van der Waals surface area contributed by atoms with E-state index < -0.39 is 7.92 Å². The van der Waals surface area contributed by atoms with E-state index in [4.69, 9.17) is 9.97 Å². The first-order valence-corrected chi connectivity index (χ1v) is 11.6. The third kappa shape index (κ3) is 5.45. The van der Waals surface area contributed by atoms with E-state index in [1.807, 2.05) is 0 Å². The van der Waals surface area contributed by atoms with Crippen molar-refractivity contribution in [2.24, 2.45) is 5.41 Å². The molecule has 0 aliphatic heterocycles. The van der Waals surface area contributed by atoms with Crippen LogP contribution in [0.15, 0.2) is 24.3 Å². The first-order chi connectivity index (χ1) is 11.3. The summed E-state index contributed by atoms with van der Waals surface area (Å²) in [5.41, 5.74) is 4.89. The van der Waals surface area contributed by atoms with Gasteiger partial charge in [0.2, 0.25) is 0 Å². The zero-order valence-corrected chi connectivity index (χ0v) is 19.3. The molecule has 2 rings (SSSR count). The number of para-hydroxylation sites is 2. The van der Waals surface area contributed by atoms with Gasteiger partial charge in [-0.1, -0.05) is 83.0 Å². The Kier molecular flexibility index (Phi) is 5.97. The molecule has 0 aliphatic rings. The molecule has 2 aromatic rings. The van der Waals surface area contributed by atoms with E-state index in [0.717, 1.165) is 17.2 Å². The van der Waals surface area contributed by atoms with E-state index in [1.165, 1.54) is 10.9 Å². The van der Waals surface area contributed by atoms with Gasteiger partial charge in [-0.25, -0.2) is 9.97 Å². The molecular formula is C21H34N2P2. The summed E-state index contributed by atoms with van der Waals surface area (Å²) in [6.45, 7) is 21.1. The Morgan fingerprint density at radius 3 is 1.72 bits per heavy atom. The van der Waals surface area contributed by atoms with Crippen LogP contribution in [-0.2, 0) is 0 Å². The second-order valence-electron chi connectivity index (χ2n) is 9.98. The highest BCUT2D eigenvalue weighted by Gasteiger charge is 2.38. The smallest absolute Gasteiger partial charge is 0.0904 e. The number of nitrogens with zero attached hydrogens (tertiary/aromatic N) is 2. The fraction of sp³-hybridized carbons (Fsp3) is 0.619. The van der Waals surface area contributed by atoms with Crippen LogP contribution in [0.1, 0.15) is 62.3 Å². The van der Waals surface area contributed by atoms with Crippen molar-refractivity contribution in [2.45, 2.75) is 72.6 Å². The Morgan fingerprint density at radius 2 is 1.28 bits per heavy atom. The molecule has 25 heavy (non-hydrogen) atoms. The van der Waals surface area contributed by atoms with Gasteiger partial charge >= 0.3 is 0 Å². The number of fused-ring (bicyclic) bond motifs is 1. The molecule has 0 bridgehead atoms. The van der Waals surface area contributed by atoms with E-state index in [9.17, 15) is 0 Å². The van der Waals surface area contributed by atoms with Gasteiger partial charge in [0.05, 0.1) is 21.9 Å². The molecule has 0 radical (unpaired) electrons. The number of hydrogen-bond acceptors (Lipinski definition) is 2. The molecule has 0 N–H and O–H groups in total. The molecule has 2 nitrogen and oxygen atoms in total. The van der Waals surface area contributed by atoms with Gasteiger partial charge in [-0.2, -0.15) is 0 Å². The van der Waals surface area contributed by atoms with Crippen LogP contribution >= 0.6 is 16.5 Å². The van der Waals surface area contributed by atoms with E-state index >= 15 is 0 Å².